The second-order valence-electron chi connectivity index (χ2n) is 10.1. The van der Waals surface area contributed by atoms with Crippen LogP contribution in [0.3, 0.4) is 0 Å². The summed E-state index contributed by atoms with van der Waals surface area (Å²) in [6, 6.07) is 44.0. The van der Waals surface area contributed by atoms with Crippen LogP contribution in [0.5, 0.6) is 0 Å². The molecule has 6 rings (SSSR count). The highest BCUT2D eigenvalue weighted by Gasteiger charge is 2.17. The highest BCUT2D eigenvalue weighted by molar-refractivity contribution is 9.10. The fourth-order valence-corrected chi connectivity index (χ4v) is 5.23. The van der Waals surface area contributed by atoms with E-state index in [2.05, 4.69) is 139 Å². The predicted octanol–water partition coefficient (Wildman–Crippen LogP) is 10.1. The molecular formula is C36H28BrN3. The van der Waals surface area contributed by atoms with Crippen molar-refractivity contribution in [2.45, 2.75) is 19.8 Å². The zero-order chi connectivity index (χ0) is 27.5. The number of benzene rings is 5. The molecule has 5 aromatic carbocycles. The summed E-state index contributed by atoms with van der Waals surface area (Å²) in [6.45, 7) is 4.39. The lowest BCUT2D eigenvalue weighted by Gasteiger charge is -2.14. The molecule has 0 aliphatic carbocycles. The van der Waals surface area contributed by atoms with Crippen molar-refractivity contribution in [2.75, 3.05) is 0 Å². The lowest BCUT2D eigenvalue weighted by molar-refractivity contribution is 0.864. The van der Waals surface area contributed by atoms with Gasteiger partial charge in [0, 0.05) is 21.2 Å². The van der Waals surface area contributed by atoms with E-state index >= 15 is 0 Å². The van der Waals surface area contributed by atoms with Crippen LogP contribution in [0, 0.1) is 0 Å². The third kappa shape index (κ3) is 5.49. The van der Waals surface area contributed by atoms with E-state index in [-0.39, 0.29) is 0 Å². The molecule has 0 radical (unpaired) electrons. The van der Waals surface area contributed by atoms with Crippen molar-refractivity contribution in [3.05, 3.63) is 137 Å². The predicted molar refractivity (Wildman–Crippen MR) is 169 cm³/mol. The van der Waals surface area contributed by atoms with E-state index in [1.165, 1.54) is 16.7 Å². The number of hydrogen-bond acceptors (Lipinski definition) is 3. The topological polar surface area (TPSA) is 38.7 Å². The minimum Gasteiger partial charge on any atom is -0.208 e. The van der Waals surface area contributed by atoms with Crippen molar-refractivity contribution in [1.82, 2.24) is 15.0 Å². The summed E-state index contributed by atoms with van der Waals surface area (Å²) in [4.78, 5) is 15.0. The summed E-state index contributed by atoms with van der Waals surface area (Å²) in [6.07, 6.45) is 0. The Hall–Kier alpha value is -4.41. The molecule has 0 bridgehead atoms. The van der Waals surface area contributed by atoms with Gasteiger partial charge >= 0.3 is 0 Å². The fraction of sp³-hybridized carbons (Fsp3) is 0.0833. The van der Waals surface area contributed by atoms with Crippen molar-refractivity contribution >= 4 is 15.9 Å². The Morgan fingerprint density at radius 1 is 0.450 bits per heavy atom. The Kier molecular flexibility index (Phi) is 7.35. The smallest absolute Gasteiger partial charge is 0.164 e. The van der Waals surface area contributed by atoms with Crippen LogP contribution in [0.2, 0.25) is 0 Å². The summed E-state index contributed by atoms with van der Waals surface area (Å²) in [5.74, 6) is 2.30. The van der Waals surface area contributed by atoms with E-state index in [4.69, 9.17) is 15.0 Å². The Morgan fingerprint density at radius 3 is 1.30 bits per heavy atom. The molecule has 0 fully saturated rings. The van der Waals surface area contributed by atoms with E-state index in [0.717, 1.165) is 32.3 Å². The summed E-state index contributed by atoms with van der Waals surface area (Å²) >= 11 is 3.64. The SMILES string of the molecule is CC(C)c1cc(Br)ccc1-c1nc(-c2ccc(-c3ccccc3)cc2)nc(-c2ccc(-c3ccccc3)cc2)n1. The second kappa shape index (κ2) is 11.4. The lowest BCUT2D eigenvalue weighted by Crippen LogP contribution is -2.02. The lowest BCUT2D eigenvalue weighted by atomic mass is 9.96. The largest absolute Gasteiger partial charge is 0.208 e. The molecule has 0 unspecified atom stereocenters. The van der Waals surface area contributed by atoms with Gasteiger partial charge < -0.3 is 0 Å². The first-order valence-corrected chi connectivity index (χ1v) is 14.2. The Labute approximate surface area is 243 Å². The molecule has 3 nitrogen and oxygen atoms in total. The maximum atomic E-state index is 5.00. The summed E-state index contributed by atoms with van der Waals surface area (Å²) in [5, 5.41) is 0. The Balaban J connectivity index is 1.46. The van der Waals surface area contributed by atoms with Gasteiger partial charge in [-0.2, -0.15) is 0 Å². The number of hydrogen-bond donors (Lipinski definition) is 0. The molecule has 0 saturated carbocycles. The summed E-state index contributed by atoms with van der Waals surface area (Å²) < 4.78 is 1.04. The van der Waals surface area contributed by atoms with Crippen LogP contribution in [-0.4, -0.2) is 15.0 Å². The minimum atomic E-state index is 0.312. The Bertz CT molecular complexity index is 1640. The van der Waals surface area contributed by atoms with Crippen LogP contribution in [0.25, 0.3) is 56.4 Å². The van der Waals surface area contributed by atoms with E-state index in [9.17, 15) is 0 Å². The van der Waals surface area contributed by atoms with E-state index in [0.29, 0.717) is 23.4 Å². The molecule has 0 aliphatic rings. The second-order valence-corrected chi connectivity index (χ2v) is 11.0. The molecule has 0 spiro atoms. The average Bonchev–Trinajstić information content (AvgIpc) is 3.02. The maximum absolute atomic E-state index is 5.00. The van der Waals surface area contributed by atoms with Crippen LogP contribution >= 0.6 is 15.9 Å². The van der Waals surface area contributed by atoms with Gasteiger partial charge in [-0.05, 0) is 51.9 Å². The van der Waals surface area contributed by atoms with Gasteiger partial charge in [-0.3, -0.25) is 0 Å². The van der Waals surface area contributed by atoms with Crippen molar-refractivity contribution < 1.29 is 0 Å². The number of rotatable bonds is 6. The number of aromatic nitrogens is 3. The quantitative estimate of drug-likeness (QED) is 0.196. The van der Waals surface area contributed by atoms with Gasteiger partial charge in [0.15, 0.2) is 17.5 Å². The molecular weight excluding hydrogens is 554 g/mol. The fourth-order valence-electron chi connectivity index (χ4n) is 4.85. The molecule has 1 heterocycles. The number of halogens is 1. The van der Waals surface area contributed by atoms with Gasteiger partial charge in [0.1, 0.15) is 0 Å². The highest BCUT2D eigenvalue weighted by atomic mass is 79.9. The first-order chi connectivity index (χ1) is 19.5. The summed E-state index contributed by atoms with van der Waals surface area (Å²) in [5.41, 5.74) is 8.79. The molecule has 194 valence electrons. The third-order valence-electron chi connectivity index (χ3n) is 7.01. The van der Waals surface area contributed by atoms with Gasteiger partial charge in [0.25, 0.3) is 0 Å². The monoisotopic (exact) mass is 581 g/mol. The van der Waals surface area contributed by atoms with Crippen molar-refractivity contribution in [3.8, 4) is 56.4 Å². The van der Waals surface area contributed by atoms with E-state index < -0.39 is 0 Å². The van der Waals surface area contributed by atoms with Gasteiger partial charge in [-0.15, -0.1) is 0 Å². The van der Waals surface area contributed by atoms with Crippen LogP contribution in [0.15, 0.2) is 132 Å². The standard InChI is InChI=1S/C36H28BrN3/c1-24(2)33-23-31(37)21-22-32(33)36-39-34(29-17-13-27(14-18-29)25-9-5-3-6-10-25)38-35(40-36)30-19-15-28(16-20-30)26-11-7-4-8-12-26/h3-24H,1-2H3. The molecule has 0 N–H and O–H groups in total. The normalized spacial score (nSPS) is 11.1. The first kappa shape index (κ1) is 25.8. The molecule has 1 aromatic heterocycles. The van der Waals surface area contributed by atoms with Crippen LogP contribution in [-0.2, 0) is 0 Å². The van der Waals surface area contributed by atoms with Gasteiger partial charge in [-0.25, -0.2) is 15.0 Å². The van der Waals surface area contributed by atoms with E-state index in [1.54, 1.807) is 0 Å². The summed E-state index contributed by atoms with van der Waals surface area (Å²) in [7, 11) is 0. The van der Waals surface area contributed by atoms with Gasteiger partial charge in [0.05, 0.1) is 0 Å². The van der Waals surface area contributed by atoms with Crippen LogP contribution in [0.1, 0.15) is 25.3 Å². The zero-order valence-corrected chi connectivity index (χ0v) is 24.0. The maximum Gasteiger partial charge on any atom is 0.164 e. The van der Waals surface area contributed by atoms with Gasteiger partial charge in [0.2, 0.25) is 0 Å². The first-order valence-electron chi connectivity index (χ1n) is 13.4. The van der Waals surface area contributed by atoms with Crippen LogP contribution in [0.4, 0.5) is 0 Å². The molecule has 0 amide bonds. The van der Waals surface area contributed by atoms with Crippen LogP contribution < -0.4 is 0 Å². The van der Waals surface area contributed by atoms with Crippen molar-refractivity contribution in [1.29, 1.82) is 0 Å². The molecule has 6 aromatic rings. The van der Waals surface area contributed by atoms with Crippen molar-refractivity contribution in [3.63, 3.8) is 0 Å². The molecule has 0 aliphatic heterocycles. The minimum absolute atomic E-state index is 0.312. The van der Waals surface area contributed by atoms with Crippen molar-refractivity contribution in [2.24, 2.45) is 0 Å². The highest BCUT2D eigenvalue weighted by Crippen LogP contribution is 2.33. The average molecular weight is 583 g/mol. The Morgan fingerprint density at radius 2 is 0.850 bits per heavy atom. The molecule has 4 heteroatoms. The third-order valence-corrected chi connectivity index (χ3v) is 7.51. The zero-order valence-electron chi connectivity index (χ0n) is 22.4. The van der Waals surface area contributed by atoms with E-state index in [1.807, 2.05) is 18.2 Å². The number of nitrogens with zero attached hydrogens (tertiary/aromatic N) is 3. The molecule has 0 atom stereocenters. The van der Waals surface area contributed by atoms with Gasteiger partial charge in [-0.1, -0.05) is 139 Å². The molecule has 0 saturated heterocycles. The molecule has 40 heavy (non-hydrogen) atoms.